The fourth-order valence-corrected chi connectivity index (χ4v) is 3.95. The molecular weight excluding hydrogens is 254 g/mol. The fraction of sp³-hybridized carbons (Fsp3) is 0.450. The average molecular weight is 278 g/mol. The summed E-state index contributed by atoms with van der Waals surface area (Å²) < 4.78 is 2.35. The second kappa shape index (κ2) is 4.98. The van der Waals surface area contributed by atoms with Crippen LogP contribution in [0, 0.1) is 5.92 Å². The van der Waals surface area contributed by atoms with Crippen LogP contribution in [-0.2, 0) is 19.9 Å². The lowest BCUT2D eigenvalue weighted by Gasteiger charge is -2.19. The molecule has 1 heteroatoms. The summed E-state index contributed by atoms with van der Waals surface area (Å²) in [6, 6.07) is 11.5. The van der Waals surface area contributed by atoms with Crippen molar-refractivity contribution in [3.05, 3.63) is 53.3 Å². The molecule has 0 N–H and O–H groups in total. The van der Waals surface area contributed by atoms with Crippen molar-refractivity contribution in [2.45, 2.75) is 44.9 Å². The van der Waals surface area contributed by atoms with E-state index in [1.54, 1.807) is 11.1 Å². The smallest absolute Gasteiger partial charge is 0.184 e. The molecule has 1 aromatic heterocycles. The monoisotopic (exact) mass is 278 g/mol. The molecule has 0 saturated heterocycles. The number of fused-ring (bicyclic) bond motifs is 1. The number of hydrogen-bond donors (Lipinski definition) is 0. The molecule has 1 saturated carbocycles. The predicted molar refractivity (Wildman–Crippen MR) is 86.2 cm³/mol. The van der Waals surface area contributed by atoms with E-state index in [2.05, 4.69) is 55.1 Å². The average Bonchev–Trinajstić information content (AvgIpc) is 3.23. The number of benzene rings is 1. The van der Waals surface area contributed by atoms with E-state index in [-0.39, 0.29) is 0 Å². The van der Waals surface area contributed by atoms with Gasteiger partial charge in [-0.1, -0.05) is 25.1 Å². The summed E-state index contributed by atoms with van der Waals surface area (Å²) in [5, 5.41) is 0. The van der Waals surface area contributed by atoms with E-state index in [0.29, 0.717) is 0 Å². The van der Waals surface area contributed by atoms with Gasteiger partial charge in [0, 0.05) is 17.5 Å². The maximum Gasteiger partial charge on any atom is 0.184 e. The van der Waals surface area contributed by atoms with Crippen molar-refractivity contribution in [2.75, 3.05) is 0 Å². The molecule has 108 valence electrons. The molecule has 0 aliphatic heterocycles. The molecule has 1 nitrogen and oxygen atoms in total. The van der Waals surface area contributed by atoms with Crippen LogP contribution in [0.1, 0.15) is 48.9 Å². The van der Waals surface area contributed by atoms with Crippen LogP contribution < -0.4 is 4.57 Å². The van der Waals surface area contributed by atoms with Gasteiger partial charge >= 0.3 is 0 Å². The zero-order valence-corrected chi connectivity index (χ0v) is 13.1. The summed E-state index contributed by atoms with van der Waals surface area (Å²) in [6.45, 7) is 2.35. The summed E-state index contributed by atoms with van der Waals surface area (Å²) in [4.78, 5) is 0. The molecule has 2 aliphatic carbocycles. The van der Waals surface area contributed by atoms with Crippen LogP contribution in [-0.4, -0.2) is 0 Å². The van der Waals surface area contributed by atoms with Gasteiger partial charge in [-0.15, -0.1) is 0 Å². The highest BCUT2D eigenvalue weighted by Gasteiger charge is 2.39. The van der Waals surface area contributed by atoms with Crippen LogP contribution in [0.3, 0.4) is 0 Å². The molecule has 1 aromatic carbocycles. The standard InChI is InChI=1S/C20H24N/c1-14-12-19(14)20-11-10-16(13-21(20)2)18-9-5-7-15-6-3-4-8-17(15)18/h5,7,9-11,13-14,19H,3-4,6,8,12H2,1-2H3/q+1/t14-,19?/m1/s1. The Balaban J connectivity index is 1.75. The van der Waals surface area contributed by atoms with Crippen LogP contribution in [0.4, 0.5) is 0 Å². The number of pyridine rings is 1. The minimum Gasteiger partial charge on any atom is -0.204 e. The molecule has 1 fully saturated rings. The van der Waals surface area contributed by atoms with Gasteiger partial charge in [-0.3, -0.25) is 0 Å². The first kappa shape index (κ1) is 13.1. The van der Waals surface area contributed by atoms with Crippen LogP contribution >= 0.6 is 0 Å². The Bertz CT molecular complexity index is 686. The first-order chi connectivity index (χ1) is 10.2. The number of aromatic nitrogens is 1. The van der Waals surface area contributed by atoms with Gasteiger partial charge in [-0.2, -0.15) is 0 Å². The van der Waals surface area contributed by atoms with E-state index in [1.807, 2.05) is 0 Å². The molecule has 2 aliphatic rings. The van der Waals surface area contributed by atoms with Crippen LogP contribution in [0.25, 0.3) is 11.1 Å². The molecule has 0 radical (unpaired) electrons. The van der Waals surface area contributed by atoms with Crippen LogP contribution in [0.5, 0.6) is 0 Å². The molecule has 1 heterocycles. The van der Waals surface area contributed by atoms with E-state index in [0.717, 1.165) is 11.8 Å². The highest BCUT2D eigenvalue weighted by molar-refractivity contribution is 5.68. The molecule has 0 spiro atoms. The third kappa shape index (κ3) is 2.29. The second-order valence-electron chi connectivity index (χ2n) is 6.92. The molecule has 4 rings (SSSR count). The quantitative estimate of drug-likeness (QED) is 0.726. The molecule has 21 heavy (non-hydrogen) atoms. The van der Waals surface area contributed by atoms with Gasteiger partial charge in [0.15, 0.2) is 11.9 Å². The molecule has 0 amide bonds. The van der Waals surface area contributed by atoms with E-state index in [4.69, 9.17) is 0 Å². The summed E-state index contributed by atoms with van der Waals surface area (Å²) >= 11 is 0. The Hall–Kier alpha value is -1.63. The van der Waals surface area contributed by atoms with Gasteiger partial charge in [0.25, 0.3) is 0 Å². The van der Waals surface area contributed by atoms with Crippen molar-refractivity contribution in [3.8, 4) is 11.1 Å². The third-order valence-electron chi connectivity index (χ3n) is 5.37. The van der Waals surface area contributed by atoms with Crippen molar-refractivity contribution in [1.82, 2.24) is 0 Å². The minimum absolute atomic E-state index is 0.786. The molecular formula is C20H24N+. The highest BCUT2D eigenvalue weighted by Crippen LogP contribution is 2.45. The number of aryl methyl sites for hydroxylation is 2. The van der Waals surface area contributed by atoms with Gasteiger partial charge in [-0.25, -0.2) is 4.57 Å². The van der Waals surface area contributed by atoms with E-state index in [9.17, 15) is 0 Å². The van der Waals surface area contributed by atoms with Gasteiger partial charge in [0.1, 0.15) is 7.05 Å². The van der Waals surface area contributed by atoms with Gasteiger partial charge in [0.2, 0.25) is 0 Å². The SMILES string of the molecule is C[C@@H]1CC1c1ccc(-c2cccc3c2CCCC3)c[n+]1C. The minimum atomic E-state index is 0.786. The number of rotatable bonds is 2. The first-order valence-electron chi connectivity index (χ1n) is 8.35. The normalized spacial score (nSPS) is 23.7. The van der Waals surface area contributed by atoms with Crippen molar-refractivity contribution in [3.63, 3.8) is 0 Å². The Kier molecular flexibility index (Phi) is 3.10. The van der Waals surface area contributed by atoms with Crippen LogP contribution in [0.2, 0.25) is 0 Å². The topological polar surface area (TPSA) is 3.88 Å². The molecule has 0 bridgehead atoms. The third-order valence-corrected chi connectivity index (χ3v) is 5.37. The Labute approximate surface area is 127 Å². The van der Waals surface area contributed by atoms with Crippen LogP contribution in [0.15, 0.2) is 36.5 Å². The second-order valence-corrected chi connectivity index (χ2v) is 6.92. The van der Waals surface area contributed by atoms with Gasteiger partial charge < -0.3 is 0 Å². The van der Waals surface area contributed by atoms with Crippen molar-refractivity contribution in [2.24, 2.45) is 13.0 Å². The lowest BCUT2D eigenvalue weighted by molar-refractivity contribution is -0.679. The van der Waals surface area contributed by atoms with Crippen molar-refractivity contribution < 1.29 is 4.57 Å². The van der Waals surface area contributed by atoms with Gasteiger partial charge in [-0.05, 0) is 60.8 Å². The van der Waals surface area contributed by atoms with Crippen molar-refractivity contribution >= 4 is 0 Å². The fourth-order valence-electron chi connectivity index (χ4n) is 3.95. The largest absolute Gasteiger partial charge is 0.204 e. The molecule has 1 unspecified atom stereocenters. The Morgan fingerprint density at radius 1 is 1.05 bits per heavy atom. The predicted octanol–water partition coefficient (Wildman–Crippen LogP) is 4.18. The summed E-state index contributed by atoms with van der Waals surface area (Å²) in [5.74, 6) is 1.65. The number of nitrogens with zero attached hydrogens (tertiary/aromatic N) is 1. The highest BCUT2D eigenvalue weighted by atomic mass is 14.9. The van der Waals surface area contributed by atoms with Gasteiger partial charge in [0.05, 0.1) is 0 Å². The Morgan fingerprint density at radius 2 is 1.86 bits per heavy atom. The lowest BCUT2D eigenvalue weighted by Crippen LogP contribution is -2.33. The summed E-state index contributed by atoms with van der Waals surface area (Å²) in [7, 11) is 2.21. The maximum atomic E-state index is 2.35. The number of hydrogen-bond acceptors (Lipinski definition) is 0. The summed E-state index contributed by atoms with van der Waals surface area (Å²) in [5.41, 5.74) is 7.50. The molecule has 2 aromatic rings. The van der Waals surface area contributed by atoms with E-state index in [1.165, 1.54) is 48.9 Å². The molecule has 2 atom stereocenters. The van der Waals surface area contributed by atoms with E-state index >= 15 is 0 Å². The lowest BCUT2D eigenvalue weighted by atomic mass is 9.86. The first-order valence-corrected chi connectivity index (χ1v) is 8.35. The maximum absolute atomic E-state index is 2.35. The van der Waals surface area contributed by atoms with E-state index < -0.39 is 0 Å². The van der Waals surface area contributed by atoms with Crippen molar-refractivity contribution in [1.29, 1.82) is 0 Å². The Morgan fingerprint density at radius 3 is 2.62 bits per heavy atom. The summed E-state index contributed by atoms with van der Waals surface area (Å²) in [6.07, 6.45) is 8.89. The zero-order valence-electron chi connectivity index (χ0n) is 13.1. The zero-order chi connectivity index (χ0) is 14.4.